The van der Waals surface area contributed by atoms with Crippen molar-refractivity contribution in [2.24, 2.45) is 0 Å². The first-order valence-electron chi connectivity index (χ1n) is 6.35. The third kappa shape index (κ3) is 2.23. The zero-order valence-electron chi connectivity index (χ0n) is 10.7. The molecule has 1 saturated heterocycles. The molecule has 0 saturated carbocycles. The van der Waals surface area contributed by atoms with E-state index in [2.05, 4.69) is 9.97 Å². The molecule has 7 heteroatoms. The maximum absolute atomic E-state index is 13.0. The average Bonchev–Trinajstić information content (AvgIpc) is 3.11. The molecule has 1 aromatic carbocycles. The van der Waals surface area contributed by atoms with E-state index in [4.69, 9.17) is 0 Å². The quantitative estimate of drug-likeness (QED) is 0.942. The molecule has 0 bridgehead atoms. The van der Waals surface area contributed by atoms with Gasteiger partial charge >= 0.3 is 0 Å². The Morgan fingerprint density at radius 2 is 2.05 bits per heavy atom. The van der Waals surface area contributed by atoms with Crippen LogP contribution in [-0.2, 0) is 10.0 Å². The van der Waals surface area contributed by atoms with Gasteiger partial charge in [0.15, 0.2) is 5.03 Å². The number of nitrogens with zero attached hydrogens (tertiary/aromatic N) is 2. The zero-order valence-corrected chi connectivity index (χ0v) is 11.5. The van der Waals surface area contributed by atoms with Gasteiger partial charge in [0.2, 0.25) is 0 Å². The van der Waals surface area contributed by atoms with Gasteiger partial charge in [-0.15, -0.1) is 0 Å². The molecule has 5 nitrogen and oxygen atoms in total. The van der Waals surface area contributed by atoms with E-state index in [0.29, 0.717) is 6.54 Å². The van der Waals surface area contributed by atoms with Gasteiger partial charge in [-0.05, 0) is 30.5 Å². The van der Waals surface area contributed by atoms with Crippen molar-refractivity contribution < 1.29 is 12.8 Å². The summed E-state index contributed by atoms with van der Waals surface area (Å²) in [6, 6.07) is 5.74. The van der Waals surface area contributed by atoms with Crippen LogP contribution >= 0.6 is 0 Å². The molecule has 1 aromatic heterocycles. The van der Waals surface area contributed by atoms with E-state index in [1.807, 2.05) is 0 Å². The summed E-state index contributed by atoms with van der Waals surface area (Å²) in [5.41, 5.74) is 0.812. The lowest BCUT2D eigenvalue weighted by Crippen LogP contribution is -2.30. The van der Waals surface area contributed by atoms with Gasteiger partial charge in [0.25, 0.3) is 10.0 Å². The van der Waals surface area contributed by atoms with E-state index in [1.54, 1.807) is 12.1 Å². The van der Waals surface area contributed by atoms with Gasteiger partial charge in [-0.1, -0.05) is 12.1 Å². The van der Waals surface area contributed by atoms with Crippen LogP contribution in [0.15, 0.2) is 41.8 Å². The van der Waals surface area contributed by atoms with Crippen LogP contribution in [0.4, 0.5) is 4.39 Å². The molecule has 3 rings (SSSR count). The summed E-state index contributed by atoms with van der Waals surface area (Å²) in [6.07, 6.45) is 4.17. The molecular formula is C13H14FN3O2S. The minimum atomic E-state index is -3.58. The van der Waals surface area contributed by atoms with Crippen LogP contribution in [0.3, 0.4) is 0 Å². The number of hydrogen-bond acceptors (Lipinski definition) is 3. The van der Waals surface area contributed by atoms with Crippen molar-refractivity contribution in [2.45, 2.75) is 23.9 Å². The Bertz CT molecular complexity index is 683. The highest BCUT2D eigenvalue weighted by Gasteiger charge is 2.36. The fourth-order valence-electron chi connectivity index (χ4n) is 2.56. The van der Waals surface area contributed by atoms with E-state index in [-0.39, 0.29) is 16.9 Å². The summed E-state index contributed by atoms with van der Waals surface area (Å²) in [6.45, 7) is 0.462. The van der Waals surface area contributed by atoms with Crippen LogP contribution < -0.4 is 0 Å². The summed E-state index contributed by atoms with van der Waals surface area (Å²) in [4.78, 5) is 6.39. The number of aromatic amines is 1. The molecule has 1 N–H and O–H groups in total. The highest BCUT2D eigenvalue weighted by molar-refractivity contribution is 7.89. The maximum atomic E-state index is 13.0. The molecule has 2 heterocycles. The second kappa shape index (κ2) is 4.99. The van der Waals surface area contributed by atoms with E-state index in [9.17, 15) is 12.8 Å². The number of nitrogens with one attached hydrogen (secondary N) is 1. The number of H-pyrrole nitrogens is 1. The Hall–Kier alpha value is -1.73. The van der Waals surface area contributed by atoms with Crippen molar-refractivity contribution in [1.82, 2.24) is 14.3 Å². The number of halogens is 1. The van der Waals surface area contributed by atoms with E-state index >= 15 is 0 Å². The van der Waals surface area contributed by atoms with Crippen LogP contribution in [0, 0.1) is 5.82 Å². The number of rotatable bonds is 3. The summed E-state index contributed by atoms with van der Waals surface area (Å²) < 4.78 is 39.5. The van der Waals surface area contributed by atoms with Crippen LogP contribution in [0.5, 0.6) is 0 Å². The lowest BCUT2D eigenvalue weighted by molar-refractivity contribution is 0.395. The van der Waals surface area contributed by atoms with Crippen molar-refractivity contribution in [1.29, 1.82) is 0 Å². The molecule has 0 aliphatic carbocycles. The highest BCUT2D eigenvalue weighted by atomic mass is 32.2. The second-order valence-corrected chi connectivity index (χ2v) is 6.60. The molecule has 1 aliphatic rings. The van der Waals surface area contributed by atoms with Gasteiger partial charge in [0.05, 0.1) is 18.6 Å². The topological polar surface area (TPSA) is 66.1 Å². The van der Waals surface area contributed by atoms with Crippen molar-refractivity contribution in [2.75, 3.05) is 6.54 Å². The van der Waals surface area contributed by atoms with Crippen LogP contribution in [0.1, 0.15) is 24.4 Å². The second-order valence-electron chi connectivity index (χ2n) is 4.74. The third-order valence-electron chi connectivity index (χ3n) is 3.52. The smallest absolute Gasteiger partial charge is 0.260 e. The molecule has 1 atom stereocenters. The lowest BCUT2D eigenvalue weighted by Gasteiger charge is -2.23. The Kier molecular flexibility index (Phi) is 3.31. The lowest BCUT2D eigenvalue weighted by atomic mass is 10.1. The van der Waals surface area contributed by atoms with E-state index in [0.717, 1.165) is 18.4 Å². The van der Waals surface area contributed by atoms with Crippen molar-refractivity contribution in [3.63, 3.8) is 0 Å². The molecule has 106 valence electrons. The number of aromatic nitrogens is 2. The zero-order chi connectivity index (χ0) is 14.2. The molecular weight excluding hydrogens is 281 g/mol. The molecule has 0 spiro atoms. The molecule has 1 fully saturated rings. The molecule has 1 unspecified atom stereocenters. The predicted molar refractivity (Wildman–Crippen MR) is 70.9 cm³/mol. The maximum Gasteiger partial charge on any atom is 0.260 e. The minimum Gasteiger partial charge on any atom is -0.335 e. The Balaban J connectivity index is 1.95. The van der Waals surface area contributed by atoms with Crippen molar-refractivity contribution in [3.8, 4) is 0 Å². The van der Waals surface area contributed by atoms with Gasteiger partial charge in [-0.25, -0.2) is 17.8 Å². The van der Waals surface area contributed by atoms with Gasteiger partial charge in [0, 0.05) is 6.54 Å². The minimum absolute atomic E-state index is 0.0894. The number of benzene rings is 1. The Morgan fingerprint density at radius 1 is 1.30 bits per heavy atom. The van der Waals surface area contributed by atoms with Gasteiger partial charge < -0.3 is 4.98 Å². The Morgan fingerprint density at radius 3 is 2.70 bits per heavy atom. The molecule has 0 amide bonds. The predicted octanol–water partition coefficient (Wildman–Crippen LogP) is 2.07. The molecule has 2 aromatic rings. The van der Waals surface area contributed by atoms with Crippen LogP contribution in [0.2, 0.25) is 0 Å². The van der Waals surface area contributed by atoms with Gasteiger partial charge in [-0.2, -0.15) is 4.31 Å². The summed E-state index contributed by atoms with van der Waals surface area (Å²) in [5, 5.41) is 0.0894. The first kappa shape index (κ1) is 13.3. The SMILES string of the molecule is O=S(=O)(c1cnc[nH]1)N1CCCC1c1ccc(F)cc1. The normalized spacial score (nSPS) is 20.4. The van der Waals surface area contributed by atoms with Crippen LogP contribution in [-0.4, -0.2) is 29.2 Å². The average molecular weight is 295 g/mol. The monoisotopic (exact) mass is 295 g/mol. The Labute approximate surface area is 116 Å². The first-order chi connectivity index (χ1) is 9.59. The fraction of sp³-hybridized carbons (Fsp3) is 0.308. The number of imidazole rings is 1. The fourth-order valence-corrected chi connectivity index (χ4v) is 4.14. The van der Waals surface area contributed by atoms with E-state index < -0.39 is 10.0 Å². The number of sulfonamides is 1. The third-order valence-corrected chi connectivity index (χ3v) is 5.35. The molecule has 20 heavy (non-hydrogen) atoms. The van der Waals surface area contributed by atoms with E-state index in [1.165, 1.54) is 29.0 Å². The summed E-state index contributed by atoms with van der Waals surface area (Å²) in [7, 11) is -3.58. The molecule has 1 aliphatic heterocycles. The van der Waals surface area contributed by atoms with Crippen molar-refractivity contribution >= 4 is 10.0 Å². The molecule has 0 radical (unpaired) electrons. The first-order valence-corrected chi connectivity index (χ1v) is 7.79. The van der Waals surface area contributed by atoms with Crippen molar-refractivity contribution in [3.05, 3.63) is 48.2 Å². The standard InChI is InChI=1S/C13H14FN3O2S/c14-11-5-3-10(4-6-11)12-2-1-7-17(12)20(18,19)13-8-15-9-16-13/h3-6,8-9,12H,1-2,7H2,(H,15,16). The van der Waals surface area contributed by atoms with Gasteiger partial charge in [0.1, 0.15) is 5.82 Å². The highest BCUT2D eigenvalue weighted by Crippen LogP contribution is 2.35. The van der Waals surface area contributed by atoms with Gasteiger partial charge in [-0.3, -0.25) is 0 Å². The summed E-state index contributed by atoms with van der Waals surface area (Å²) >= 11 is 0. The number of hydrogen-bond donors (Lipinski definition) is 1. The summed E-state index contributed by atoms with van der Waals surface area (Å²) in [5.74, 6) is -0.324. The largest absolute Gasteiger partial charge is 0.335 e. The van der Waals surface area contributed by atoms with Crippen LogP contribution in [0.25, 0.3) is 0 Å².